The van der Waals surface area contributed by atoms with Crippen LogP contribution < -0.4 is 33.7 Å². The predicted molar refractivity (Wildman–Crippen MR) is 201 cm³/mol. The Kier molecular flexibility index (Phi) is 13.5. The molecule has 18 nitrogen and oxygen atoms in total. The number of aromatic amines is 3. The Bertz CT molecular complexity index is 2320. The van der Waals surface area contributed by atoms with E-state index in [0.717, 1.165) is 48.3 Å². The fourth-order valence-corrected chi connectivity index (χ4v) is 7.03. The molecule has 0 unspecified atom stereocenters. The van der Waals surface area contributed by atoms with E-state index in [0.29, 0.717) is 9.13 Å². The zero-order valence-electron chi connectivity index (χ0n) is 30.8. The molecule has 3 aliphatic rings. The van der Waals surface area contributed by atoms with Crippen molar-refractivity contribution in [2.24, 2.45) is 11.8 Å². The van der Waals surface area contributed by atoms with E-state index >= 15 is 0 Å². The maximum Gasteiger partial charge on any atom is 0.330 e. The van der Waals surface area contributed by atoms with Crippen molar-refractivity contribution in [2.75, 3.05) is 17.6 Å². The number of H-pyrrole nitrogens is 3. The summed E-state index contributed by atoms with van der Waals surface area (Å²) >= 11 is 1.72. The van der Waals surface area contributed by atoms with Crippen molar-refractivity contribution in [1.29, 1.82) is 0 Å². The van der Waals surface area contributed by atoms with Gasteiger partial charge < -0.3 is 29.5 Å². The highest BCUT2D eigenvalue weighted by atomic mass is 127. The molecule has 6 N–H and O–H groups in total. The summed E-state index contributed by atoms with van der Waals surface area (Å²) in [6.07, 6.45) is 10.1. The average Bonchev–Trinajstić information content (AvgIpc) is 3.65. The van der Waals surface area contributed by atoms with Gasteiger partial charge in [-0.05, 0) is 0 Å². The quantitative estimate of drug-likeness (QED) is 0.0775. The molecule has 6 heterocycles. The van der Waals surface area contributed by atoms with Crippen LogP contribution >= 0.6 is 22.6 Å². The summed E-state index contributed by atoms with van der Waals surface area (Å²) in [4.78, 5) is 73.5. The minimum absolute atomic E-state index is 0.145. The van der Waals surface area contributed by atoms with Crippen molar-refractivity contribution in [3.05, 3.63) is 99.3 Å². The summed E-state index contributed by atoms with van der Waals surface area (Å²) in [7, 11) is 0. The lowest BCUT2D eigenvalue weighted by Gasteiger charge is -2.24. The summed E-state index contributed by atoms with van der Waals surface area (Å²) in [5.41, 5.74) is -13.4. The Balaban J connectivity index is 0.000000198. The van der Waals surface area contributed by atoms with Crippen LogP contribution in [0.3, 0.4) is 0 Å². The molecule has 0 saturated carbocycles. The van der Waals surface area contributed by atoms with Gasteiger partial charge in [-0.25, -0.2) is 40.7 Å². The second-order valence-electron chi connectivity index (χ2n) is 13.4. The molecule has 3 aliphatic heterocycles. The standard InChI is InChI=1S/C12H11F2IN2O3.C12H12F2N2O4.C11H10F2N2O5/c1-3-11(13)7(2)12(14,6-15)20-9(11)17-5-4-8(18)16-10(17)19;1-3-11(13)7(2)12(14,6-17)20-9(11)16-5-4-8(18)15-10(16)19;1-2-10(12)7(18)11(13,5-16)20-8(10)15-4-3-6(17)14-9(15)19/h1,4-5,7,9H,6H2,2H3,(H,16,18,19);1,4-5,7,9,17H,6H2,2H3,(H,15,18,19);1,3-4,7-8,16,18H,5H2,(H,14,17,19)/t2*7-,9+,11+,12+;7-,8+,10+,11+/m000/s1. The van der Waals surface area contributed by atoms with E-state index in [2.05, 4.69) is 4.74 Å². The van der Waals surface area contributed by atoms with Crippen LogP contribution in [0.15, 0.2) is 65.6 Å². The summed E-state index contributed by atoms with van der Waals surface area (Å²) in [6, 6.07) is 2.82. The predicted octanol–water partition coefficient (Wildman–Crippen LogP) is -0.729. The molecular formula is C35H33F6IN6O12. The van der Waals surface area contributed by atoms with Crippen molar-refractivity contribution in [2.45, 2.75) is 73.2 Å². The molecular weight excluding hydrogens is 937 g/mol. The third-order valence-electron chi connectivity index (χ3n) is 9.95. The minimum atomic E-state index is -3.17. The van der Waals surface area contributed by atoms with E-state index in [1.54, 1.807) is 28.5 Å². The molecule has 324 valence electrons. The van der Waals surface area contributed by atoms with E-state index in [-0.39, 0.29) is 4.43 Å². The Morgan fingerprint density at radius 3 is 1.22 bits per heavy atom. The van der Waals surface area contributed by atoms with Gasteiger partial charge in [0.15, 0.2) is 24.8 Å². The first-order valence-corrected chi connectivity index (χ1v) is 18.4. The number of rotatable bonds is 6. The van der Waals surface area contributed by atoms with E-state index in [1.807, 2.05) is 20.9 Å². The monoisotopic (exact) mass is 970 g/mol. The second kappa shape index (κ2) is 17.0. The molecule has 0 spiro atoms. The normalized spacial score (nSPS) is 36.8. The van der Waals surface area contributed by atoms with E-state index in [9.17, 15) is 60.2 Å². The lowest BCUT2D eigenvalue weighted by molar-refractivity contribution is -0.207. The van der Waals surface area contributed by atoms with Crippen molar-refractivity contribution in [1.82, 2.24) is 28.7 Å². The highest BCUT2D eigenvalue weighted by molar-refractivity contribution is 14.1. The Morgan fingerprint density at radius 2 is 0.917 bits per heavy atom. The molecule has 60 heavy (non-hydrogen) atoms. The first kappa shape index (κ1) is 47.5. The first-order chi connectivity index (χ1) is 27.8. The van der Waals surface area contributed by atoms with Crippen LogP contribution in [0.2, 0.25) is 0 Å². The van der Waals surface area contributed by atoms with Gasteiger partial charge in [-0.3, -0.25) is 43.0 Å². The van der Waals surface area contributed by atoms with Crippen molar-refractivity contribution in [3.63, 3.8) is 0 Å². The third kappa shape index (κ3) is 8.03. The number of terminal acetylenes is 3. The van der Waals surface area contributed by atoms with E-state index < -0.39 is 118 Å². The molecule has 0 aliphatic carbocycles. The number of hydrogen-bond donors (Lipinski definition) is 6. The van der Waals surface area contributed by atoms with E-state index in [1.165, 1.54) is 12.8 Å². The molecule has 3 saturated heterocycles. The number of aliphatic hydroxyl groups excluding tert-OH is 3. The number of aliphatic hydroxyl groups is 3. The molecule has 3 aromatic heterocycles. The number of nitrogens with zero attached hydrogens (tertiary/aromatic N) is 3. The van der Waals surface area contributed by atoms with Crippen LogP contribution in [0.5, 0.6) is 0 Å². The van der Waals surface area contributed by atoms with Gasteiger partial charge in [0.1, 0.15) is 13.2 Å². The van der Waals surface area contributed by atoms with Crippen LogP contribution in [-0.4, -0.2) is 102 Å². The zero-order chi connectivity index (χ0) is 45.4. The van der Waals surface area contributed by atoms with Crippen LogP contribution in [0, 0.1) is 48.9 Å². The highest BCUT2D eigenvalue weighted by Crippen LogP contribution is 2.52. The van der Waals surface area contributed by atoms with Crippen molar-refractivity contribution >= 4 is 22.6 Å². The van der Waals surface area contributed by atoms with Crippen molar-refractivity contribution < 1.29 is 55.9 Å². The van der Waals surface area contributed by atoms with Gasteiger partial charge in [-0.2, -0.15) is 0 Å². The average molecular weight is 971 g/mol. The second-order valence-corrected chi connectivity index (χ2v) is 14.1. The first-order valence-electron chi connectivity index (χ1n) is 16.9. The van der Waals surface area contributed by atoms with Gasteiger partial charge in [0.25, 0.3) is 22.5 Å². The SMILES string of the molecule is C#C[C@]1(F)[C@H](n2ccc(=O)[nH]c2=O)O[C@](F)(CI)[C@H]1C.C#C[C@]1(F)[C@H](n2ccc(=O)[nH]c2=O)O[C@](F)(CO)[C@H]1C.C#C[C@]1(F)[C@H](n2ccc(=O)[nH]c2=O)O[C@](F)(CO)[C@H]1O. The lowest BCUT2D eigenvalue weighted by Crippen LogP contribution is -2.48. The minimum Gasteiger partial charge on any atom is -0.390 e. The number of nitrogens with one attached hydrogen (secondary N) is 3. The van der Waals surface area contributed by atoms with Crippen LogP contribution in [0.1, 0.15) is 32.5 Å². The Hall–Kier alpha value is -5.21. The van der Waals surface area contributed by atoms with Gasteiger partial charge in [-0.1, -0.05) is 54.2 Å². The topological polar surface area (TPSA) is 253 Å². The highest BCUT2D eigenvalue weighted by Gasteiger charge is 2.67. The molecule has 12 atom stereocenters. The lowest BCUT2D eigenvalue weighted by atomic mass is 9.87. The van der Waals surface area contributed by atoms with Crippen LogP contribution in [0.25, 0.3) is 0 Å². The summed E-state index contributed by atoms with van der Waals surface area (Å²) in [5, 5.41) is 27.5. The number of ether oxygens (including phenoxy) is 3. The van der Waals surface area contributed by atoms with Crippen LogP contribution in [0.4, 0.5) is 26.3 Å². The zero-order valence-corrected chi connectivity index (χ0v) is 32.9. The van der Waals surface area contributed by atoms with E-state index in [4.69, 9.17) is 39.0 Å². The molecule has 0 radical (unpaired) electrons. The molecule has 6 rings (SSSR count). The number of halogens is 7. The molecule has 3 aromatic rings. The number of alkyl halides is 7. The van der Waals surface area contributed by atoms with Crippen LogP contribution in [-0.2, 0) is 14.2 Å². The van der Waals surface area contributed by atoms with Crippen molar-refractivity contribution in [3.8, 4) is 37.0 Å². The molecule has 3 fully saturated rings. The van der Waals surface area contributed by atoms with Gasteiger partial charge in [0, 0.05) is 36.8 Å². The maximum absolute atomic E-state index is 14.9. The fourth-order valence-electron chi connectivity index (χ4n) is 6.19. The number of aromatic nitrogens is 6. The molecule has 0 aromatic carbocycles. The summed E-state index contributed by atoms with van der Waals surface area (Å²) < 4.78 is 103. The van der Waals surface area contributed by atoms with Gasteiger partial charge in [0.2, 0.25) is 28.7 Å². The third-order valence-corrected chi connectivity index (χ3v) is 11.0. The number of hydrogen-bond acceptors (Lipinski definition) is 12. The van der Waals surface area contributed by atoms with Gasteiger partial charge in [-0.15, -0.1) is 19.3 Å². The van der Waals surface area contributed by atoms with Gasteiger partial charge >= 0.3 is 17.1 Å². The largest absolute Gasteiger partial charge is 0.390 e. The summed E-state index contributed by atoms with van der Waals surface area (Å²) in [5.74, 6) is -5.76. The summed E-state index contributed by atoms with van der Waals surface area (Å²) in [6.45, 7) is -0.0612. The fraction of sp³-hybridized carbons (Fsp3) is 0.486. The Labute approximate surface area is 345 Å². The smallest absolute Gasteiger partial charge is 0.330 e. The maximum atomic E-state index is 14.9. The Morgan fingerprint density at radius 1 is 0.617 bits per heavy atom. The molecule has 0 bridgehead atoms. The molecule has 25 heteroatoms. The molecule has 0 amide bonds. The van der Waals surface area contributed by atoms with Gasteiger partial charge in [0.05, 0.1) is 16.3 Å².